The van der Waals surface area contributed by atoms with Gasteiger partial charge in [0.1, 0.15) is 4.83 Å². The molecule has 12 heteroatoms. The average Bonchev–Trinajstić information content (AvgIpc) is 3.57. The molecule has 11 nitrogen and oxygen atoms in total. The van der Waals surface area contributed by atoms with Crippen LogP contribution in [0.1, 0.15) is 29.4 Å². The number of thiazole rings is 1. The monoisotopic (exact) mass is 508 g/mol. The molecule has 1 fully saturated rings. The molecular formula is C24H28N8O3S. The van der Waals surface area contributed by atoms with E-state index in [9.17, 15) is 9.59 Å². The van der Waals surface area contributed by atoms with Crippen LogP contribution >= 0.6 is 11.3 Å². The highest BCUT2D eigenvalue weighted by molar-refractivity contribution is 7.21. The van der Waals surface area contributed by atoms with Crippen LogP contribution in [0.5, 0.6) is 0 Å². The zero-order valence-corrected chi connectivity index (χ0v) is 21.2. The first-order valence-corrected chi connectivity index (χ1v) is 12.6. The maximum atomic E-state index is 13.1. The number of fused-ring (bicyclic) bond motifs is 1. The van der Waals surface area contributed by atoms with E-state index in [1.165, 1.54) is 11.3 Å². The molecule has 5 heterocycles. The van der Waals surface area contributed by atoms with Crippen molar-refractivity contribution >= 4 is 39.4 Å². The van der Waals surface area contributed by atoms with E-state index in [0.717, 1.165) is 28.2 Å². The van der Waals surface area contributed by atoms with Gasteiger partial charge in [0.05, 0.1) is 65.9 Å². The van der Waals surface area contributed by atoms with Crippen LogP contribution in [0.4, 0.5) is 11.4 Å². The summed E-state index contributed by atoms with van der Waals surface area (Å²) >= 11 is 1.47. The van der Waals surface area contributed by atoms with E-state index in [0.29, 0.717) is 35.8 Å². The van der Waals surface area contributed by atoms with E-state index in [1.807, 2.05) is 19.4 Å². The number of anilines is 2. The number of amides is 2. The van der Waals surface area contributed by atoms with Crippen molar-refractivity contribution in [1.29, 1.82) is 0 Å². The Morgan fingerprint density at radius 3 is 2.83 bits per heavy atom. The first kappa shape index (κ1) is 24.1. The van der Waals surface area contributed by atoms with Gasteiger partial charge in [-0.2, -0.15) is 10.2 Å². The van der Waals surface area contributed by atoms with Gasteiger partial charge < -0.3 is 15.4 Å². The number of carbonyl (C=O) groups is 2. The van der Waals surface area contributed by atoms with Gasteiger partial charge in [-0.15, -0.1) is 11.3 Å². The lowest BCUT2D eigenvalue weighted by Gasteiger charge is -2.34. The summed E-state index contributed by atoms with van der Waals surface area (Å²) < 4.78 is 8.94. The number of rotatable bonds is 7. The van der Waals surface area contributed by atoms with Gasteiger partial charge in [0.2, 0.25) is 5.91 Å². The van der Waals surface area contributed by atoms with Crippen LogP contribution in [0.25, 0.3) is 15.3 Å². The Balaban J connectivity index is 1.29. The number of ether oxygens (including phenoxy) is 1. The van der Waals surface area contributed by atoms with E-state index in [2.05, 4.69) is 37.6 Å². The predicted molar refractivity (Wildman–Crippen MR) is 137 cm³/mol. The fourth-order valence-electron chi connectivity index (χ4n) is 4.20. The lowest BCUT2D eigenvalue weighted by atomic mass is 10.2. The Labute approximate surface area is 212 Å². The van der Waals surface area contributed by atoms with Gasteiger partial charge in [0.25, 0.3) is 5.91 Å². The number of pyridine rings is 1. The third-order valence-corrected chi connectivity index (χ3v) is 7.38. The summed E-state index contributed by atoms with van der Waals surface area (Å²) in [5.41, 5.74) is 3.12. The second-order valence-corrected chi connectivity index (χ2v) is 9.80. The first-order valence-electron chi connectivity index (χ1n) is 11.8. The van der Waals surface area contributed by atoms with Crippen molar-refractivity contribution in [1.82, 2.24) is 29.3 Å². The minimum absolute atomic E-state index is 0.127. The van der Waals surface area contributed by atoms with Gasteiger partial charge in [0.15, 0.2) is 0 Å². The Morgan fingerprint density at radius 2 is 2.06 bits per heavy atom. The third kappa shape index (κ3) is 5.01. The Bertz CT molecular complexity index is 1410. The fourth-order valence-corrected chi connectivity index (χ4v) is 5.23. The van der Waals surface area contributed by atoms with Gasteiger partial charge in [-0.3, -0.25) is 24.2 Å². The molecule has 0 saturated carbocycles. The van der Waals surface area contributed by atoms with Crippen LogP contribution in [0.2, 0.25) is 0 Å². The third-order valence-electron chi connectivity index (χ3n) is 6.22. The number of carbonyl (C=O) groups excluding carboxylic acids is 2. The van der Waals surface area contributed by atoms with E-state index in [1.54, 1.807) is 40.8 Å². The molecule has 1 aliphatic heterocycles. The van der Waals surface area contributed by atoms with Crippen molar-refractivity contribution in [3.63, 3.8) is 0 Å². The number of hydrogen-bond donors (Lipinski definition) is 2. The molecule has 2 N–H and O–H groups in total. The van der Waals surface area contributed by atoms with Gasteiger partial charge in [0, 0.05) is 37.6 Å². The van der Waals surface area contributed by atoms with E-state index in [-0.39, 0.29) is 24.4 Å². The maximum absolute atomic E-state index is 13.1. The lowest BCUT2D eigenvalue weighted by Crippen LogP contribution is -2.48. The molecule has 1 saturated heterocycles. The molecule has 0 aliphatic carbocycles. The predicted octanol–water partition coefficient (Wildman–Crippen LogP) is 2.80. The highest BCUT2D eigenvalue weighted by Crippen LogP contribution is 2.30. The lowest BCUT2D eigenvalue weighted by molar-refractivity contribution is -0.119. The van der Waals surface area contributed by atoms with Crippen molar-refractivity contribution in [3.8, 4) is 10.4 Å². The van der Waals surface area contributed by atoms with Gasteiger partial charge in [-0.1, -0.05) is 6.92 Å². The molecule has 5 rings (SSSR count). The zero-order valence-electron chi connectivity index (χ0n) is 20.4. The molecule has 4 aromatic heterocycles. The maximum Gasteiger partial charge on any atom is 0.260 e. The molecule has 2 amide bonds. The highest BCUT2D eigenvalue weighted by Gasteiger charge is 2.24. The van der Waals surface area contributed by atoms with Crippen LogP contribution in [-0.2, 0) is 16.6 Å². The number of nitrogens with zero attached hydrogens (tertiary/aromatic N) is 6. The van der Waals surface area contributed by atoms with Crippen LogP contribution in [0.15, 0.2) is 37.1 Å². The molecular weight excluding hydrogens is 480 g/mol. The molecule has 36 heavy (non-hydrogen) atoms. The minimum Gasteiger partial charge on any atom is -0.378 e. The largest absolute Gasteiger partial charge is 0.378 e. The molecule has 0 aromatic carbocycles. The van der Waals surface area contributed by atoms with Gasteiger partial charge in [-0.25, -0.2) is 4.52 Å². The summed E-state index contributed by atoms with van der Waals surface area (Å²) in [4.78, 5) is 34.0. The number of morpholine rings is 1. The summed E-state index contributed by atoms with van der Waals surface area (Å²) in [6.07, 6.45) is 9.65. The molecule has 4 aromatic rings. The van der Waals surface area contributed by atoms with Gasteiger partial charge in [-0.05, 0) is 19.4 Å². The van der Waals surface area contributed by atoms with E-state index >= 15 is 0 Å². The van der Waals surface area contributed by atoms with E-state index < -0.39 is 0 Å². The fraction of sp³-hybridized carbons (Fsp3) is 0.375. The zero-order chi connectivity index (χ0) is 25.2. The number of aromatic nitrogens is 5. The normalized spacial score (nSPS) is 16.4. The van der Waals surface area contributed by atoms with Crippen LogP contribution < -0.4 is 10.6 Å². The molecule has 0 unspecified atom stereocenters. The van der Waals surface area contributed by atoms with Crippen molar-refractivity contribution in [2.75, 3.05) is 36.9 Å². The van der Waals surface area contributed by atoms with E-state index in [4.69, 9.17) is 4.74 Å². The Hall–Kier alpha value is -3.61. The molecule has 0 bridgehead atoms. The van der Waals surface area contributed by atoms with Crippen molar-refractivity contribution in [2.24, 2.45) is 7.05 Å². The number of aryl methyl sites for hydroxylation is 2. The second-order valence-electron chi connectivity index (χ2n) is 8.77. The topological polar surface area (TPSA) is 119 Å². The molecule has 1 aliphatic rings. The summed E-state index contributed by atoms with van der Waals surface area (Å²) in [5.74, 6) is -0.421. The Kier molecular flexibility index (Phi) is 6.81. The quantitative estimate of drug-likeness (QED) is 0.394. The summed E-state index contributed by atoms with van der Waals surface area (Å²) in [7, 11) is 1.86. The van der Waals surface area contributed by atoms with Crippen LogP contribution in [0, 0.1) is 6.92 Å². The number of nitrogens with one attached hydrogen (secondary N) is 2. The average molecular weight is 509 g/mol. The summed E-state index contributed by atoms with van der Waals surface area (Å²) in [6.45, 7) is 6.17. The molecule has 188 valence electrons. The standard InChI is InChI=1S/C24H28N8O3S/c1-4-18-14-35-6-5-31(18)13-22(33)28-17-7-20(15(2)25-9-17)29-23(34)19-10-27-32-12-21(36-24(19)32)16-8-26-30(3)11-16/h7-12,18H,4-6,13-14H2,1-3H3,(H,28,33)(H,29,34)/t18-/m1/s1. The minimum atomic E-state index is -0.294. The highest BCUT2D eigenvalue weighted by atomic mass is 32.1. The summed E-state index contributed by atoms with van der Waals surface area (Å²) in [5, 5.41) is 14.4. The van der Waals surface area contributed by atoms with Crippen LogP contribution in [-0.4, -0.2) is 73.4 Å². The van der Waals surface area contributed by atoms with Crippen molar-refractivity contribution in [3.05, 3.63) is 48.3 Å². The van der Waals surface area contributed by atoms with Crippen molar-refractivity contribution in [2.45, 2.75) is 26.3 Å². The first-order chi connectivity index (χ1) is 17.4. The molecule has 0 radical (unpaired) electrons. The SMILES string of the molecule is CC[C@@H]1COCCN1CC(=O)Nc1cnc(C)c(NC(=O)c2cnn3cc(-c4cnn(C)c4)sc23)c1. The molecule has 1 atom stereocenters. The molecule has 0 spiro atoms. The Morgan fingerprint density at radius 1 is 1.19 bits per heavy atom. The van der Waals surface area contributed by atoms with Crippen LogP contribution in [0.3, 0.4) is 0 Å². The van der Waals surface area contributed by atoms with Gasteiger partial charge >= 0.3 is 0 Å². The summed E-state index contributed by atoms with van der Waals surface area (Å²) in [6, 6.07) is 1.96. The van der Waals surface area contributed by atoms with Crippen molar-refractivity contribution < 1.29 is 14.3 Å². The second kappa shape index (κ2) is 10.2. The number of hydrogen-bond acceptors (Lipinski definition) is 8. The smallest absolute Gasteiger partial charge is 0.260 e.